The largest absolute Gasteiger partial charge is 0.481 e. The molecule has 1 aromatic rings. The summed E-state index contributed by atoms with van der Waals surface area (Å²) in [5.41, 5.74) is -1.04. The van der Waals surface area contributed by atoms with Crippen LogP contribution in [0.2, 0.25) is 0 Å². The Balaban J connectivity index is 2.10. The number of benzene rings is 1. The predicted octanol–water partition coefficient (Wildman–Crippen LogP) is 0.816. The fraction of sp³-hybridized carbons (Fsp3) is 0.467. The molecule has 1 aliphatic rings. The minimum Gasteiger partial charge on any atom is -0.481 e. The monoisotopic (exact) mass is 358 g/mol. The van der Waals surface area contributed by atoms with Gasteiger partial charge in [-0.05, 0) is 32.4 Å². The number of carboxylic acid groups (broad SMARTS) is 1. The zero-order valence-corrected chi connectivity index (χ0v) is 14.1. The molecule has 1 heterocycles. The highest BCUT2D eigenvalue weighted by Gasteiger charge is 2.43. The number of rotatable bonds is 5. The van der Waals surface area contributed by atoms with Gasteiger partial charge in [-0.15, -0.1) is 0 Å². The quantitative estimate of drug-likeness (QED) is 0.811. The van der Waals surface area contributed by atoms with E-state index in [1.807, 2.05) is 0 Å². The normalized spacial score (nSPS) is 22.4. The van der Waals surface area contributed by atoms with Crippen LogP contribution >= 0.6 is 0 Å². The molecule has 0 bridgehead atoms. The number of aliphatic carboxylic acids is 1. The Labute approximate surface area is 139 Å². The van der Waals surface area contributed by atoms with Gasteiger partial charge in [0.25, 0.3) is 0 Å². The van der Waals surface area contributed by atoms with Crippen LogP contribution in [-0.4, -0.2) is 49.4 Å². The second-order valence-electron chi connectivity index (χ2n) is 6.15. The van der Waals surface area contributed by atoms with Crippen molar-refractivity contribution in [3.8, 4) is 0 Å². The molecule has 0 aromatic heterocycles. The Morgan fingerprint density at radius 3 is 2.54 bits per heavy atom. The van der Waals surface area contributed by atoms with Gasteiger partial charge in [0.2, 0.25) is 15.9 Å². The van der Waals surface area contributed by atoms with Gasteiger partial charge in [0, 0.05) is 13.1 Å². The molecule has 0 radical (unpaired) electrons. The van der Waals surface area contributed by atoms with E-state index < -0.39 is 44.1 Å². The molecular weight excluding hydrogens is 339 g/mol. The molecular formula is C15H19FN2O5S. The van der Waals surface area contributed by atoms with Gasteiger partial charge >= 0.3 is 5.97 Å². The van der Waals surface area contributed by atoms with E-state index in [0.717, 1.165) is 12.1 Å². The van der Waals surface area contributed by atoms with E-state index in [1.165, 1.54) is 30.9 Å². The Morgan fingerprint density at radius 1 is 1.38 bits per heavy atom. The Hall–Kier alpha value is -2.00. The lowest BCUT2D eigenvalue weighted by Crippen LogP contribution is -2.47. The van der Waals surface area contributed by atoms with Gasteiger partial charge in [0.05, 0.1) is 11.5 Å². The topological polar surface area (TPSA) is 104 Å². The van der Waals surface area contributed by atoms with Crippen molar-refractivity contribution in [2.24, 2.45) is 5.41 Å². The summed E-state index contributed by atoms with van der Waals surface area (Å²) >= 11 is 0. The van der Waals surface area contributed by atoms with Crippen LogP contribution in [-0.2, 0) is 19.6 Å². The molecule has 1 amide bonds. The van der Waals surface area contributed by atoms with E-state index in [-0.39, 0.29) is 13.1 Å². The molecule has 9 heteroatoms. The number of carbonyl (C=O) groups excluding carboxylic acids is 1. The van der Waals surface area contributed by atoms with Crippen LogP contribution in [0, 0.1) is 11.2 Å². The number of carbonyl (C=O) groups is 2. The van der Waals surface area contributed by atoms with Crippen LogP contribution in [0.3, 0.4) is 0 Å². The molecule has 1 aliphatic heterocycles. The van der Waals surface area contributed by atoms with Crippen molar-refractivity contribution in [1.29, 1.82) is 0 Å². The van der Waals surface area contributed by atoms with E-state index in [0.29, 0.717) is 6.42 Å². The molecule has 2 rings (SSSR count). The van der Waals surface area contributed by atoms with Crippen molar-refractivity contribution in [3.63, 3.8) is 0 Å². The molecule has 0 aliphatic carbocycles. The van der Waals surface area contributed by atoms with Gasteiger partial charge in [-0.2, -0.15) is 4.72 Å². The van der Waals surface area contributed by atoms with Crippen LogP contribution < -0.4 is 4.72 Å². The Kier molecular flexibility index (Phi) is 4.95. The third kappa shape index (κ3) is 3.57. The minimum atomic E-state index is -4.20. The molecule has 2 atom stereocenters. The first-order valence-corrected chi connectivity index (χ1v) is 8.84. The zero-order chi connectivity index (χ0) is 18.1. The lowest BCUT2D eigenvalue weighted by molar-refractivity contribution is -0.147. The van der Waals surface area contributed by atoms with Crippen LogP contribution in [0.4, 0.5) is 4.39 Å². The summed E-state index contributed by atoms with van der Waals surface area (Å²) in [6, 6.07) is 3.72. The maximum absolute atomic E-state index is 13.6. The smallest absolute Gasteiger partial charge is 0.311 e. The average molecular weight is 358 g/mol. The summed E-state index contributed by atoms with van der Waals surface area (Å²) in [4.78, 5) is 24.4. The van der Waals surface area contributed by atoms with Crippen LogP contribution in [0.15, 0.2) is 29.2 Å². The summed E-state index contributed by atoms with van der Waals surface area (Å²) in [5.74, 6) is -2.46. The predicted molar refractivity (Wildman–Crippen MR) is 83.1 cm³/mol. The number of hydrogen-bond acceptors (Lipinski definition) is 4. The highest BCUT2D eigenvalue weighted by molar-refractivity contribution is 7.89. The number of hydrogen-bond donors (Lipinski definition) is 2. The number of sulfonamides is 1. The summed E-state index contributed by atoms with van der Waals surface area (Å²) in [6.07, 6.45) is 0.293. The number of nitrogens with zero attached hydrogens (tertiary/aromatic N) is 1. The molecule has 1 aromatic carbocycles. The van der Waals surface area contributed by atoms with Gasteiger partial charge in [0.15, 0.2) is 0 Å². The molecule has 1 fully saturated rings. The number of likely N-dealkylation sites (tertiary alicyclic amines) is 1. The van der Waals surface area contributed by atoms with E-state index >= 15 is 0 Å². The van der Waals surface area contributed by atoms with Crippen LogP contribution in [0.1, 0.15) is 20.3 Å². The summed E-state index contributed by atoms with van der Waals surface area (Å²) < 4.78 is 40.2. The number of amides is 1. The van der Waals surface area contributed by atoms with Gasteiger partial charge in [-0.3, -0.25) is 9.59 Å². The molecule has 0 spiro atoms. The van der Waals surface area contributed by atoms with E-state index in [1.54, 1.807) is 0 Å². The van der Waals surface area contributed by atoms with Gasteiger partial charge in [-0.25, -0.2) is 12.8 Å². The lowest BCUT2D eigenvalue weighted by atomic mass is 9.90. The third-order valence-electron chi connectivity index (χ3n) is 4.13. The van der Waals surface area contributed by atoms with Crippen molar-refractivity contribution in [3.05, 3.63) is 30.1 Å². The van der Waals surface area contributed by atoms with E-state index in [4.69, 9.17) is 0 Å². The van der Waals surface area contributed by atoms with Crippen molar-refractivity contribution >= 4 is 21.9 Å². The fourth-order valence-corrected chi connectivity index (χ4v) is 3.88. The number of nitrogens with one attached hydrogen (secondary N) is 1. The van der Waals surface area contributed by atoms with E-state index in [2.05, 4.69) is 4.72 Å². The summed E-state index contributed by atoms with van der Waals surface area (Å²) in [6.45, 7) is 3.12. The van der Waals surface area contributed by atoms with Gasteiger partial charge < -0.3 is 10.0 Å². The number of carboxylic acids is 1. The molecule has 7 nitrogen and oxygen atoms in total. The molecule has 1 saturated heterocycles. The second-order valence-corrected chi connectivity index (χ2v) is 7.83. The highest BCUT2D eigenvalue weighted by Crippen LogP contribution is 2.30. The zero-order valence-electron chi connectivity index (χ0n) is 13.3. The van der Waals surface area contributed by atoms with Gasteiger partial charge in [-0.1, -0.05) is 12.1 Å². The maximum Gasteiger partial charge on any atom is 0.311 e. The molecule has 2 unspecified atom stereocenters. The summed E-state index contributed by atoms with van der Waals surface area (Å²) in [5, 5.41) is 9.19. The second kappa shape index (κ2) is 6.48. The van der Waals surface area contributed by atoms with E-state index in [9.17, 15) is 27.5 Å². The first-order valence-electron chi connectivity index (χ1n) is 7.36. The standard InChI is InChI=1S/C15H19FN2O5S/c1-10(13(19)18-8-7-15(2,9-18)14(20)21)17-24(22,23)12-6-4-3-5-11(12)16/h3-6,10,17H,7-9H2,1-2H3,(H,20,21). The first-order chi connectivity index (χ1) is 11.1. The minimum absolute atomic E-state index is 0.00688. The molecule has 24 heavy (non-hydrogen) atoms. The molecule has 0 saturated carbocycles. The first kappa shape index (κ1) is 18.3. The number of halogens is 1. The fourth-order valence-electron chi connectivity index (χ4n) is 2.61. The maximum atomic E-state index is 13.6. The van der Waals surface area contributed by atoms with Gasteiger partial charge in [0.1, 0.15) is 10.7 Å². The van der Waals surface area contributed by atoms with Crippen molar-refractivity contribution in [1.82, 2.24) is 9.62 Å². The van der Waals surface area contributed by atoms with Crippen LogP contribution in [0.25, 0.3) is 0 Å². The van der Waals surface area contributed by atoms with Crippen molar-refractivity contribution < 1.29 is 27.5 Å². The van der Waals surface area contributed by atoms with Crippen molar-refractivity contribution in [2.75, 3.05) is 13.1 Å². The Bertz CT molecular complexity index is 767. The summed E-state index contributed by atoms with van der Waals surface area (Å²) in [7, 11) is -4.20. The average Bonchev–Trinajstić information content (AvgIpc) is 2.90. The molecule has 132 valence electrons. The highest BCUT2D eigenvalue weighted by atomic mass is 32.2. The SMILES string of the molecule is CC(NS(=O)(=O)c1ccccc1F)C(=O)N1CCC(C)(C(=O)O)C1. The molecule has 2 N–H and O–H groups in total. The Morgan fingerprint density at radius 2 is 2.00 bits per heavy atom. The third-order valence-corrected chi connectivity index (χ3v) is 5.70. The van der Waals surface area contributed by atoms with Crippen LogP contribution in [0.5, 0.6) is 0 Å². The van der Waals surface area contributed by atoms with Crippen molar-refractivity contribution in [2.45, 2.75) is 31.2 Å². The lowest BCUT2D eigenvalue weighted by Gasteiger charge is -2.23.